The van der Waals surface area contributed by atoms with Crippen molar-refractivity contribution in [2.24, 2.45) is 0 Å². The maximum absolute atomic E-state index is 12.2. The maximum atomic E-state index is 12.2. The SMILES string of the molecule is CN(C(=O)c1ccc(Br)c(N)c1)C1CCOC1. The van der Waals surface area contributed by atoms with E-state index in [-0.39, 0.29) is 11.9 Å². The lowest BCUT2D eigenvalue weighted by Crippen LogP contribution is -2.37. The Morgan fingerprint density at radius 3 is 2.94 bits per heavy atom. The lowest BCUT2D eigenvalue weighted by atomic mass is 10.1. The highest BCUT2D eigenvalue weighted by Crippen LogP contribution is 2.22. The van der Waals surface area contributed by atoms with Crippen molar-refractivity contribution >= 4 is 27.5 Å². The third-order valence-electron chi connectivity index (χ3n) is 3.02. The first-order valence-corrected chi connectivity index (χ1v) is 6.29. The minimum atomic E-state index is -0.0142. The van der Waals surface area contributed by atoms with Gasteiger partial charge in [0.2, 0.25) is 0 Å². The van der Waals surface area contributed by atoms with Gasteiger partial charge in [-0.05, 0) is 40.5 Å². The van der Waals surface area contributed by atoms with Crippen LogP contribution in [0.2, 0.25) is 0 Å². The minimum absolute atomic E-state index is 0.0142. The Bertz CT molecular complexity index is 431. The molecule has 5 heteroatoms. The maximum Gasteiger partial charge on any atom is 0.254 e. The molecule has 2 N–H and O–H groups in total. The largest absolute Gasteiger partial charge is 0.398 e. The van der Waals surface area contributed by atoms with E-state index in [0.29, 0.717) is 17.9 Å². The number of rotatable bonds is 2. The summed E-state index contributed by atoms with van der Waals surface area (Å²) in [5.41, 5.74) is 6.96. The van der Waals surface area contributed by atoms with Gasteiger partial charge >= 0.3 is 0 Å². The van der Waals surface area contributed by atoms with Gasteiger partial charge in [0.15, 0.2) is 0 Å². The number of likely N-dealkylation sites (N-methyl/N-ethyl adjacent to an activating group) is 1. The van der Waals surface area contributed by atoms with Gasteiger partial charge in [-0.15, -0.1) is 0 Å². The average molecular weight is 299 g/mol. The van der Waals surface area contributed by atoms with Crippen LogP contribution in [0.1, 0.15) is 16.8 Å². The monoisotopic (exact) mass is 298 g/mol. The molecule has 4 nitrogen and oxygen atoms in total. The van der Waals surface area contributed by atoms with E-state index in [9.17, 15) is 4.79 Å². The molecule has 0 bridgehead atoms. The number of hydrogen-bond donors (Lipinski definition) is 1. The van der Waals surface area contributed by atoms with Crippen LogP contribution in [-0.2, 0) is 4.74 Å². The molecule has 0 saturated carbocycles. The van der Waals surface area contributed by atoms with Crippen LogP contribution in [-0.4, -0.2) is 37.1 Å². The molecule has 1 amide bonds. The second kappa shape index (κ2) is 5.06. The van der Waals surface area contributed by atoms with Crippen LogP contribution >= 0.6 is 15.9 Å². The van der Waals surface area contributed by atoms with Gasteiger partial charge in [-0.3, -0.25) is 4.79 Å². The predicted octanol–water partition coefficient (Wildman–Crippen LogP) is 1.89. The standard InChI is InChI=1S/C12H15BrN2O2/c1-15(9-4-5-17-7-9)12(16)8-2-3-10(13)11(14)6-8/h2-3,6,9H,4-5,7,14H2,1H3. The molecule has 1 aromatic rings. The zero-order valence-corrected chi connectivity index (χ0v) is 11.2. The highest BCUT2D eigenvalue weighted by Gasteiger charge is 2.24. The third-order valence-corrected chi connectivity index (χ3v) is 3.74. The molecule has 0 aromatic heterocycles. The van der Waals surface area contributed by atoms with E-state index < -0.39 is 0 Å². The number of hydrogen-bond acceptors (Lipinski definition) is 3. The summed E-state index contributed by atoms with van der Waals surface area (Å²) < 4.78 is 6.09. The Hall–Kier alpha value is -1.07. The van der Waals surface area contributed by atoms with Crippen molar-refractivity contribution in [2.75, 3.05) is 26.0 Å². The van der Waals surface area contributed by atoms with Crippen molar-refractivity contribution in [3.05, 3.63) is 28.2 Å². The molecule has 17 heavy (non-hydrogen) atoms. The highest BCUT2D eigenvalue weighted by atomic mass is 79.9. The van der Waals surface area contributed by atoms with Crippen molar-refractivity contribution < 1.29 is 9.53 Å². The number of amides is 1. The Morgan fingerprint density at radius 2 is 2.35 bits per heavy atom. The molecule has 1 aromatic carbocycles. The first-order chi connectivity index (χ1) is 8.09. The van der Waals surface area contributed by atoms with Crippen molar-refractivity contribution in [3.8, 4) is 0 Å². The van der Waals surface area contributed by atoms with E-state index >= 15 is 0 Å². The highest BCUT2D eigenvalue weighted by molar-refractivity contribution is 9.10. The van der Waals surface area contributed by atoms with Gasteiger partial charge in [0.05, 0.1) is 12.6 Å². The van der Waals surface area contributed by atoms with Crippen LogP contribution in [0.5, 0.6) is 0 Å². The van der Waals surface area contributed by atoms with Gasteiger partial charge in [-0.2, -0.15) is 0 Å². The Labute approximate surface area is 109 Å². The Morgan fingerprint density at radius 1 is 1.59 bits per heavy atom. The minimum Gasteiger partial charge on any atom is -0.398 e. The first kappa shape index (κ1) is 12.4. The lowest BCUT2D eigenvalue weighted by Gasteiger charge is -2.23. The molecule has 1 heterocycles. The number of halogens is 1. The molecule has 0 aliphatic carbocycles. The molecule has 1 saturated heterocycles. The van der Waals surface area contributed by atoms with Gasteiger partial charge in [0.25, 0.3) is 5.91 Å². The van der Waals surface area contributed by atoms with Crippen LogP contribution in [0.4, 0.5) is 5.69 Å². The Kier molecular flexibility index (Phi) is 3.69. The van der Waals surface area contributed by atoms with E-state index in [0.717, 1.165) is 17.5 Å². The topological polar surface area (TPSA) is 55.6 Å². The smallest absolute Gasteiger partial charge is 0.254 e. The van der Waals surface area contributed by atoms with Gasteiger partial charge in [0.1, 0.15) is 0 Å². The molecule has 1 fully saturated rings. The second-order valence-electron chi connectivity index (χ2n) is 4.17. The summed E-state index contributed by atoms with van der Waals surface area (Å²) in [7, 11) is 1.81. The number of anilines is 1. The summed E-state index contributed by atoms with van der Waals surface area (Å²) in [6, 6.07) is 5.43. The molecule has 1 aliphatic heterocycles. The third kappa shape index (κ3) is 2.61. The summed E-state index contributed by atoms with van der Waals surface area (Å²) in [6.45, 7) is 1.35. The van der Waals surface area contributed by atoms with Crippen LogP contribution in [0, 0.1) is 0 Å². The summed E-state index contributed by atoms with van der Waals surface area (Å²) >= 11 is 3.31. The van der Waals surface area contributed by atoms with E-state index in [1.807, 2.05) is 0 Å². The molecule has 2 rings (SSSR count). The average Bonchev–Trinajstić information content (AvgIpc) is 2.84. The second-order valence-corrected chi connectivity index (χ2v) is 5.02. The Balaban J connectivity index is 2.15. The van der Waals surface area contributed by atoms with Crippen LogP contribution < -0.4 is 5.73 Å². The zero-order valence-electron chi connectivity index (χ0n) is 9.65. The van der Waals surface area contributed by atoms with Crippen molar-refractivity contribution in [2.45, 2.75) is 12.5 Å². The molecule has 1 atom stereocenters. The van der Waals surface area contributed by atoms with Crippen LogP contribution in [0.3, 0.4) is 0 Å². The summed E-state index contributed by atoms with van der Waals surface area (Å²) in [5.74, 6) is -0.0142. The van der Waals surface area contributed by atoms with Crippen LogP contribution in [0.25, 0.3) is 0 Å². The summed E-state index contributed by atoms with van der Waals surface area (Å²) in [4.78, 5) is 13.9. The van der Waals surface area contributed by atoms with E-state index in [4.69, 9.17) is 10.5 Å². The van der Waals surface area contributed by atoms with E-state index in [2.05, 4.69) is 15.9 Å². The molecule has 1 unspecified atom stereocenters. The quantitative estimate of drug-likeness (QED) is 0.849. The lowest BCUT2D eigenvalue weighted by molar-refractivity contribution is 0.0711. The molecular weight excluding hydrogens is 284 g/mol. The summed E-state index contributed by atoms with van der Waals surface area (Å²) in [5, 5.41) is 0. The number of benzene rings is 1. The number of carbonyl (C=O) groups excluding carboxylic acids is 1. The number of carbonyl (C=O) groups is 1. The summed E-state index contributed by atoms with van der Waals surface area (Å²) in [6.07, 6.45) is 0.897. The zero-order chi connectivity index (χ0) is 12.4. The number of ether oxygens (including phenoxy) is 1. The molecule has 0 radical (unpaired) electrons. The first-order valence-electron chi connectivity index (χ1n) is 5.49. The fraction of sp³-hybridized carbons (Fsp3) is 0.417. The van der Waals surface area contributed by atoms with Gasteiger partial charge in [0, 0.05) is 29.4 Å². The van der Waals surface area contributed by atoms with Crippen molar-refractivity contribution in [1.29, 1.82) is 0 Å². The fourth-order valence-corrected chi connectivity index (χ4v) is 2.12. The van der Waals surface area contributed by atoms with Crippen molar-refractivity contribution in [3.63, 3.8) is 0 Å². The number of nitrogen functional groups attached to an aromatic ring is 1. The normalized spacial score (nSPS) is 19.3. The molecular formula is C12H15BrN2O2. The van der Waals surface area contributed by atoms with Gasteiger partial charge in [-0.25, -0.2) is 0 Å². The van der Waals surface area contributed by atoms with E-state index in [1.54, 1.807) is 30.1 Å². The molecule has 1 aliphatic rings. The van der Waals surface area contributed by atoms with E-state index in [1.165, 1.54) is 0 Å². The van der Waals surface area contributed by atoms with Crippen molar-refractivity contribution in [1.82, 2.24) is 4.90 Å². The number of nitrogens with zero attached hydrogens (tertiary/aromatic N) is 1. The predicted molar refractivity (Wildman–Crippen MR) is 69.9 cm³/mol. The molecule has 0 spiro atoms. The fourth-order valence-electron chi connectivity index (χ4n) is 1.87. The van der Waals surface area contributed by atoms with Gasteiger partial charge < -0.3 is 15.4 Å². The molecule has 92 valence electrons. The van der Waals surface area contributed by atoms with Crippen LogP contribution in [0.15, 0.2) is 22.7 Å². The van der Waals surface area contributed by atoms with Gasteiger partial charge in [-0.1, -0.05) is 0 Å². The number of nitrogens with two attached hydrogens (primary N) is 1.